The summed E-state index contributed by atoms with van der Waals surface area (Å²) in [4.78, 5) is 9.39. The minimum Gasteiger partial charge on any atom is -0.370 e. The van der Waals surface area contributed by atoms with E-state index in [0.29, 0.717) is 0 Å². The van der Waals surface area contributed by atoms with Gasteiger partial charge in [-0.05, 0) is 33.3 Å². The van der Waals surface area contributed by atoms with Gasteiger partial charge < -0.3 is 10.2 Å². The number of hydrogen-bond acceptors (Lipinski definition) is 4. The van der Waals surface area contributed by atoms with Gasteiger partial charge in [-0.2, -0.15) is 0 Å². The SMILES string of the molecule is CCCNc1cc(N2CCN(C(C)(C)C)CC2)ccn1. The van der Waals surface area contributed by atoms with Crippen LogP contribution in [0.25, 0.3) is 0 Å². The van der Waals surface area contributed by atoms with Gasteiger partial charge in [0.25, 0.3) is 0 Å². The Morgan fingerprint density at radius 1 is 1.20 bits per heavy atom. The van der Waals surface area contributed by atoms with Crippen LogP contribution in [0, 0.1) is 0 Å². The first kappa shape index (κ1) is 15.1. The summed E-state index contributed by atoms with van der Waals surface area (Å²) in [5.41, 5.74) is 1.56. The summed E-state index contributed by atoms with van der Waals surface area (Å²) < 4.78 is 0. The highest BCUT2D eigenvalue weighted by Crippen LogP contribution is 2.22. The average molecular weight is 276 g/mol. The molecule has 0 unspecified atom stereocenters. The number of nitrogens with one attached hydrogen (secondary N) is 1. The number of hydrogen-bond donors (Lipinski definition) is 1. The molecule has 1 fully saturated rings. The van der Waals surface area contributed by atoms with Crippen molar-refractivity contribution in [3.63, 3.8) is 0 Å². The summed E-state index contributed by atoms with van der Waals surface area (Å²) >= 11 is 0. The molecule has 0 aliphatic carbocycles. The normalized spacial score (nSPS) is 17.3. The molecule has 4 heteroatoms. The summed E-state index contributed by atoms with van der Waals surface area (Å²) in [7, 11) is 0. The first-order chi connectivity index (χ1) is 9.50. The van der Waals surface area contributed by atoms with E-state index in [2.05, 4.69) is 59.9 Å². The zero-order valence-electron chi connectivity index (χ0n) is 13.3. The predicted molar refractivity (Wildman–Crippen MR) is 86.6 cm³/mol. The van der Waals surface area contributed by atoms with E-state index < -0.39 is 0 Å². The number of piperazine rings is 1. The number of aromatic nitrogens is 1. The third-order valence-corrected chi connectivity index (χ3v) is 3.89. The second-order valence-corrected chi connectivity index (χ2v) is 6.47. The van der Waals surface area contributed by atoms with Crippen molar-refractivity contribution in [1.82, 2.24) is 9.88 Å². The fourth-order valence-corrected chi connectivity index (χ4v) is 2.60. The molecule has 2 rings (SSSR count). The van der Waals surface area contributed by atoms with E-state index in [0.717, 1.165) is 45.0 Å². The van der Waals surface area contributed by atoms with Gasteiger partial charge in [-0.1, -0.05) is 6.92 Å². The number of nitrogens with zero attached hydrogens (tertiary/aromatic N) is 3. The van der Waals surface area contributed by atoms with Gasteiger partial charge in [-0.3, -0.25) is 4.90 Å². The summed E-state index contributed by atoms with van der Waals surface area (Å²) in [6.45, 7) is 14.5. The van der Waals surface area contributed by atoms with E-state index in [4.69, 9.17) is 0 Å². The van der Waals surface area contributed by atoms with Crippen LogP contribution in [0.1, 0.15) is 34.1 Å². The van der Waals surface area contributed by atoms with Crippen LogP contribution in [0.5, 0.6) is 0 Å². The van der Waals surface area contributed by atoms with Crippen LogP contribution in [0.2, 0.25) is 0 Å². The molecule has 1 aliphatic heterocycles. The molecule has 1 aromatic rings. The van der Waals surface area contributed by atoms with Crippen LogP contribution >= 0.6 is 0 Å². The van der Waals surface area contributed by atoms with Crippen molar-refractivity contribution < 1.29 is 0 Å². The van der Waals surface area contributed by atoms with Gasteiger partial charge in [0.1, 0.15) is 5.82 Å². The molecule has 0 radical (unpaired) electrons. The first-order valence-corrected chi connectivity index (χ1v) is 7.70. The van der Waals surface area contributed by atoms with Gasteiger partial charge in [0, 0.05) is 56.2 Å². The minimum absolute atomic E-state index is 0.276. The monoisotopic (exact) mass is 276 g/mol. The second kappa shape index (κ2) is 6.44. The third-order valence-electron chi connectivity index (χ3n) is 3.89. The van der Waals surface area contributed by atoms with E-state index in [1.807, 2.05) is 6.20 Å². The van der Waals surface area contributed by atoms with Crippen molar-refractivity contribution in [1.29, 1.82) is 0 Å². The third kappa shape index (κ3) is 3.85. The zero-order valence-corrected chi connectivity index (χ0v) is 13.3. The topological polar surface area (TPSA) is 31.4 Å². The van der Waals surface area contributed by atoms with Crippen molar-refractivity contribution in [3.8, 4) is 0 Å². The second-order valence-electron chi connectivity index (χ2n) is 6.47. The Balaban J connectivity index is 1.96. The molecule has 0 amide bonds. The molecular weight excluding hydrogens is 248 g/mol. The maximum absolute atomic E-state index is 4.38. The quantitative estimate of drug-likeness (QED) is 0.916. The number of pyridine rings is 1. The first-order valence-electron chi connectivity index (χ1n) is 7.70. The molecule has 112 valence electrons. The molecule has 20 heavy (non-hydrogen) atoms. The lowest BCUT2D eigenvalue weighted by Crippen LogP contribution is -2.53. The Labute approximate surface area is 123 Å². The lowest BCUT2D eigenvalue weighted by atomic mass is 10.0. The molecular formula is C16H28N4. The Kier molecular flexibility index (Phi) is 4.86. The van der Waals surface area contributed by atoms with Crippen LogP contribution in [-0.2, 0) is 0 Å². The minimum atomic E-state index is 0.276. The molecule has 1 saturated heterocycles. The lowest BCUT2D eigenvalue weighted by Gasteiger charge is -2.43. The summed E-state index contributed by atoms with van der Waals surface area (Å²) in [5, 5.41) is 3.36. The largest absolute Gasteiger partial charge is 0.370 e. The Bertz CT molecular complexity index is 417. The van der Waals surface area contributed by atoms with Gasteiger partial charge in [0.05, 0.1) is 0 Å². The zero-order chi connectivity index (χ0) is 14.6. The molecule has 1 N–H and O–H groups in total. The molecule has 1 aliphatic rings. The summed E-state index contributed by atoms with van der Waals surface area (Å²) in [6.07, 6.45) is 3.03. The molecule has 2 heterocycles. The highest BCUT2D eigenvalue weighted by atomic mass is 15.3. The van der Waals surface area contributed by atoms with Gasteiger partial charge in [-0.25, -0.2) is 4.98 Å². The van der Waals surface area contributed by atoms with Crippen LogP contribution in [0.3, 0.4) is 0 Å². The Hall–Kier alpha value is -1.29. The van der Waals surface area contributed by atoms with Gasteiger partial charge >= 0.3 is 0 Å². The van der Waals surface area contributed by atoms with Gasteiger partial charge in [0.15, 0.2) is 0 Å². The number of anilines is 2. The maximum atomic E-state index is 4.38. The summed E-state index contributed by atoms with van der Waals surface area (Å²) in [6, 6.07) is 4.28. The van der Waals surface area contributed by atoms with E-state index in [1.54, 1.807) is 0 Å². The molecule has 0 spiro atoms. The van der Waals surface area contributed by atoms with Gasteiger partial charge in [-0.15, -0.1) is 0 Å². The van der Waals surface area contributed by atoms with Gasteiger partial charge in [0.2, 0.25) is 0 Å². The van der Waals surface area contributed by atoms with Crippen molar-refractivity contribution in [2.24, 2.45) is 0 Å². The lowest BCUT2D eigenvalue weighted by molar-refractivity contribution is 0.128. The highest BCUT2D eigenvalue weighted by molar-refractivity contribution is 5.54. The molecule has 4 nitrogen and oxygen atoms in total. The van der Waals surface area contributed by atoms with Crippen molar-refractivity contribution in [2.45, 2.75) is 39.7 Å². The maximum Gasteiger partial charge on any atom is 0.127 e. The van der Waals surface area contributed by atoms with E-state index in [9.17, 15) is 0 Å². The van der Waals surface area contributed by atoms with Crippen molar-refractivity contribution in [3.05, 3.63) is 18.3 Å². The molecule has 0 bridgehead atoms. The Morgan fingerprint density at radius 3 is 2.50 bits per heavy atom. The van der Waals surface area contributed by atoms with E-state index in [-0.39, 0.29) is 5.54 Å². The molecule has 1 aromatic heterocycles. The molecule has 0 aromatic carbocycles. The summed E-state index contributed by atoms with van der Waals surface area (Å²) in [5.74, 6) is 0.989. The molecule has 0 atom stereocenters. The van der Waals surface area contributed by atoms with Crippen LogP contribution in [0.4, 0.5) is 11.5 Å². The van der Waals surface area contributed by atoms with Crippen LogP contribution in [0.15, 0.2) is 18.3 Å². The molecule has 0 saturated carbocycles. The van der Waals surface area contributed by atoms with Crippen LogP contribution in [-0.4, -0.2) is 48.1 Å². The fraction of sp³-hybridized carbons (Fsp3) is 0.688. The average Bonchev–Trinajstić information content (AvgIpc) is 2.45. The Morgan fingerprint density at radius 2 is 1.90 bits per heavy atom. The van der Waals surface area contributed by atoms with Crippen molar-refractivity contribution >= 4 is 11.5 Å². The van der Waals surface area contributed by atoms with Crippen molar-refractivity contribution in [2.75, 3.05) is 42.9 Å². The standard InChI is InChI=1S/C16H28N4/c1-5-7-17-15-13-14(6-8-18-15)19-9-11-20(12-10-19)16(2,3)4/h6,8,13H,5,7,9-12H2,1-4H3,(H,17,18). The smallest absolute Gasteiger partial charge is 0.127 e. The van der Waals surface area contributed by atoms with E-state index >= 15 is 0 Å². The predicted octanol–water partition coefficient (Wildman–Crippen LogP) is 2.82. The van der Waals surface area contributed by atoms with E-state index in [1.165, 1.54) is 5.69 Å². The number of rotatable bonds is 4. The highest BCUT2D eigenvalue weighted by Gasteiger charge is 2.25. The fourth-order valence-electron chi connectivity index (χ4n) is 2.60. The van der Waals surface area contributed by atoms with Crippen LogP contribution < -0.4 is 10.2 Å².